The van der Waals surface area contributed by atoms with Gasteiger partial charge in [-0.25, -0.2) is 0 Å². The molecule has 5 nitrogen and oxygen atoms in total. The molecule has 1 aromatic carbocycles. The number of rotatable bonds is 7. The van der Waals surface area contributed by atoms with Crippen molar-refractivity contribution in [3.05, 3.63) is 51.7 Å². The Morgan fingerprint density at radius 2 is 1.89 bits per heavy atom. The number of nitrogens with zero attached hydrogens (tertiary/aromatic N) is 1. The van der Waals surface area contributed by atoms with E-state index in [0.29, 0.717) is 6.54 Å². The van der Waals surface area contributed by atoms with E-state index < -0.39 is 0 Å². The van der Waals surface area contributed by atoms with Gasteiger partial charge in [-0.1, -0.05) is 31.5 Å². The number of para-hydroxylation sites is 1. The number of aryl methyl sites for hydroxylation is 2. The van der Waals surface area contributed by atoms with Gasteiger partial charge in [0.1, 0.15) is 0 Å². The highest BCUT2D eigenvalue weighted by Gasteiger charge is 2.23. The van der Waals surface area contributed by atoms with Crippen LogP contribution in [0.2, 0.25) is 0 Å². The number of hydrogen-bond donors (Lipinski definition) is 2. The van der Waals surface area contributed by atoms with Gasteiger partial charge in [-0.2, -0.15) is 0 Å². The summed E-state index contributed by atoms with van der Waals surface area (Å²) in [5.74, 6) is 0.0434. The molecule has 1 aliphatic heterocycles. The number of likely N-dealkylation sites (tertiary alicyclic amines) is 1. The number of anilines is 1. The molecule has 1 fully saturated rings. The van der Waals surface area contributed by atoms with Crippen LogP contribution >= 0.6 is 11.3 Å². The summed E-state index contributed by atoms with van der Waals surface area (Å²) in [5, 5.41) is 6.10. The van der Waals surface area contributed by atoms with Crippen molar-refractivity contribution in [1.82, 2.24) is 10.2 Å². The fourth-order valence-corrected chi connectivity index (χ4v) is 4.54. The number of benzene rings is 1. The zero-order valence-electron chi connectivity index (χ0n) is 16.7. The Bertz CT molecular complexity index is 795. The number of nitrogens with one attached hydrogen (secondary N) is 2. The summed E-state index contributed by atoms with van der Waals surface area (Å²) in [6, 6.07) is 11.7. The number of carbonyl (C=O) groups is 2. The van der Waals surface area contributed by atoms with Gasteiger partial charge in [0.15, 0.2) is 0 Å². The summed E-state index contributed by atoms with van der Waals surface area (Å²) in [4.78, 5) is 29.0. The van der Waals surface area contributed by atoms with Crippen LogP contribution in [0.4, 0.5) is 5.69 Å². The van der Waals surface area contributed by atoms with Crippen molar-refractivity contribution in [2.45, 2.75) is 45.6 Å². The molecule has 2 aromatic rings. The lowest BCUT2D eigenvalue weighted by Gasteiger charge is -2.31. The van der Waals surface area contributed by atoms with Gasteiger partial charge in [-0.3, -0.25) is 14.5 Å². The van der Waals surface area contributed by atoms with E-state index in [1.165, 1.54) is 10.4 Å². The molecule has 0 bridgehead atoms. The van der Waals surface area contributed by atoms with E-state index >= 15 is 0 Å². The second kappa shape index (κ2) is 9.85. The monoisotopic (exact) mass is 399 g/mol. The van der Waals surface area contributed by atoms with Crippen LogP contribution < -0.4 is 10.6 Å². The predicted molar refractivity (Wildman–Crippen MR) is 115 cm³/mol. The highest BCUT2D eigenvalue weighted by Crippen LogP contribution is 2.23. The number of thiophene rings is 1. The molecule has 0 saturated carbocycles. The molecular weight excluding hydrogens is 370 g/mol. The molecule has 6 heteroatoms. The third-order valence-electron chi connectivity index (χ3n) is 5.11. The Morgan fingerprint density at radius 3 is 2.57 bits per heavy atom. The highest BCUT2D eigenvalue weighted by molar-refractivity contribution is 7.14. The summed E-state index contributed by atoms with van der Waals surface area (Å²) in [6.45, 7) is 6.27. The minimum absolute atomic E-state index is 0.00574. The Labute approximate surface area is 171 Å². The molecule has 2 amide bonds. The standard InChI is InChI=1S/C22H29N3O2S/c1-3-7-17-14-20(28-16(17)2)22(27)24-19-10-12-25(13-11-19)15-21(26)23-18-8-5-4-6-9-18/h4-6,8-9,14,19H,3,7,10-13,15H2,1-2H3,(H,23,26)(H,24,27). The zero-order valence-corrected chi connectivity index (χ0v) is 17.5. The van der Waals surface area contributed by atoms with Crippen LogP contribution in [0.15, 0.2) is 36.4 Å². The maximum Gasteiger partial charge on any atom is 0.261 e. The van der Waals surface area contributed by atoms with Crippen molar-refractivity contribution in [3.8, 4) is 0 Å². The van der Waals surface area contributed by atoms with E-state index in [2.05, 4.69) is 29.4 Å². The van der Waals surface area contributed by atoms with Crippen molar-refractivity contribution in [1.29, 1.82) is 0 Å². The topological polar surface area (TPSA) is 61.4 Å². The fourth-order valence-electron chi connectivity index (χ4n) is 3.57. The summed E-state index contributed by atoms with van der Waals surface area (Å²) < 4.78 is 0. The van der Waals surface area contributed by atoms with Crippen LogP contribution in [0.5, 0.6) is 0 Å². The molecule has 0 radical (unpaired) electrons. The summed E-state index contributed by atoms with van der Waals surface area (Å²) in [5.41, 5.74) is 2.11. The Balaban J connectivity index is 1.43. The highest BCUT2D eigenvalue weighted by atomic mass is 32.1. The molecule has 1 aliphatic rings. The van der Waals surface area contributed by atoms with Crippen LogP contribution in [0, 0.1) is 6.92 Å². The third kappa shape index (κ3) is 5.66. The summed E-state index contributed by atoms with van der Waals surface area (Å²) in [7, 11) is 0. The normalized spacial score (nSPS) is 15.4. The summed E-state index contributed by atoms with van der Waals surface area (Å²) >= 11 is 1.59. The molecule has 0 atom stereocenters. The van der Waals surface area contributed by atoms with Gasteiger partial charge in [0.25, 0.3) is 5.91 Å². The van der Waals surface area contributed by atoms with Gasteiger partial charge < -0.3 is 10.6 Å². The fraction of sp³-hybridized carbons (Fsp3) is 0.455. The van der Waals surface area contributed by atoms with Gasteiger partial charge in [0.2, 0.25) is 5.91 Å². The van der Waals surface area contributed by atoms with Gasteiger partial charge in [-0.05, 0) is 49.9 Å². The maximum atomic E-state index is 12.6. The maximum absolute atomic E-state index is 12.6. The predicted octanol–water partition coefficient (Wildman–Crippen LogP) is 3.84. The van der Waals surface area contributed by atoms with Gasteiger partial charge in [-0.15, -0.1) is 11.3 Å². The molecule has 1 aromatic heterocycles. The van der Waals surface area contributed by atoms with E-state index in [9.17, 15) is 9.59 Å². The van der Waals surface area contributed by atoms with Crippen LogP contribution in [-0.2, 0) is 11.2 Å². The second-order valence-electron chi connectivity index (χ2n) is 7.38. The number of hydrogen-bond acceptors (Lipinski definition) is 4. The molecule has 150 valence electrons. The molecule has 1 saturated heterocycles. The minimum atomic E-state index is 0.00574. The molecule has 2 N–H and O–H groups in total. The first-order valence-corrected chi connectivity index (χ1v) is 10.8. The number of piperidine rings is 1. The average molecular weight is 400 g/mol. The van der Waals surface area contributed by atoms with E-state index in [0.717, 1.165) is 49.3 Å². The lowest BCUT2D eigenvalue weighted by atomic mass is 10.0. The average Bonchev–Trinajstić information content (AvgIpc) is 3.05. The SMILES string of the molecule is CCCc1cc(C(=O)NC2CCN(CC(=O)Nc3ccccc3)CC2)sc1C. The molecule has 28 heavy (non-hydrogen) atoms. The molecule has 2 heterocycles. The van der Waals surface area contributed by atoms with Gasteiger partial charge in [0.05, 0.1) is 11.4 Å². The Hall–Kier alpha value is -2.18. The molecular formula is C22H29N3O2S. The minimum Gasteiger partial charge on any atom is -0.349 e. The third-order valence-corrected chi connectivity index (χ3v) is 6.20. The van der Waals surface area contributed by atoms with Crippen molar-refractivity contribution in [2.24, 2.45) is 0 Å². The first kappa shape index (κ1) is 20.6. The first-order valence-electron chi connectivity index (χ1n) is 10.0. The summed E-state index contributed by atoms with van der Waals surface area (Å²) in [6.07, 6.45) is 3.86. The first-order chi connectivity index (χ1) is 13.5. The van der Waals surface area contributed by atoms with Crippen molar-refractivity contribution in [3.63, 3.8) is 0 Å². The lowest BCUT2D eigenvalue weighted by Crippen LogP contribution is -2.46. The number of carbonyl (C=O) groups excluding carboxylic acids is 2. The van der Waals surface area contributed by atoms with E-state index in [4.69, 9.17) is 0 Å². The largest absolute Gasteiger partial charge is 0.349 e. The van der Waals surface area contributed by atoms with Crippen LogP contribution in [-0.4, -0.2) is 42.4 Å². The molecule has 3 rings (SSSR count). The van der Waals surface area contributed by atoms with Crippen LogP contribution in [0.3, 0.4) is 0 Å². The Kier molecular flexibility index (Phi) is 7.23. The van der Waals surface area contributed by atoms with Gasteiger partial charge >= 0.3 is 0 Å². The van der Waals surface area contributed by atoms with Crippen LogP contribution in [0.1, 0.15) is 46.3 Å². The quantitative estimate of drug-likeness (QED) is 0.744. The van der Waals surface area contributed by atoms with Crippen molar-refractivity contribution >= 4 is 28.8 Å². The number of amides is 2. The van der Waals surface area contributed by atoms with Gasteiger partial charge in [0, 0.05) is 29.7 Å². The lowest BCUT2D eigenvalue weighted by molar-refractivity contribution is -0.117. The molecule has 0 unspecified atom stereocenters. The second-order valence-corrected chi connectivity index (χ2v) is 8.64. The van der Waals surface area contributed by atoms with E-state index in [1.807, 2.05) is 36.4 Å². The molecule has 0 aliphatic carbocycles. The Morgan fingerprint density at radius 1 is 1.18 bits per heavy atom. The van der Waals surface area contributed by atoms with E-state index in [1.54, 1.807) is 11.3 Å². The smallest absolute Gasteiger partial charge is 0.261 e. The van der Waals surface area contributed by atoms with Crippen LogP contribution in [0.25, 0.3) is 0 Å². The zero-order chi connectivity index (χ0) is 19.9. The van der Waals surface area contributed by atoms with Crippen molar-refractivity contribution in [2.75, 3.05) is 25.0 Å². The van der Waals surface area contributed by atoms with E-state index in [-0.39, 0.29) is 17.9 Å². The van der Waals surface area contributed by atoms with Crippen molar-refractivity contribution < 1.29 is 9.59 Å². The molecule has 0 spiro atoms.